The lowest BCUT2D eigenvalue weighted by atomic mass is 9.82. The quantitative estimate of drug-likeness (QED) is 0.540. The fourth-order valence-corrected chi connectivity index (χ4v) is 1.12. The monoisotopic (exact) mass is 184 g/mol. The first kappa shape index (κ1) is 9.58. The summed E-state index contributed by atoms with van der Waals surface area (Å²) in [6.07, 6.45) is 0.472. The van der Waals surface area contributed by atoms with E-state index < -0.39 is 12.4 Å². The Morgan fingerprint density at radius 2 is 1.83 bits per heavy atom. The van der Waals surface area contributed by atoms with Crippen molar-refractivity contribution in [1.82, 2.24) is 0 Å². The summed E-state index contributed by atoms with van der Waals surface area (Å²) in [5.74, 6) is 0. The molecule has 0 amide bonds. The van der Waals surface area contributed by atoms with E-state index in [0.717, 1.165) is 5.56 Å². The van der Waals surface area contributed by atoms with E-state index in [1.165, 1.54) is 0 Å². The van der Waals surface area contributed by atoms with Gasteiger partial charge in [-0.2, -0.15) is 0 Å². The van der Waals surface area contributed by atoms with Crippen molar-refractivity contribution in [3.8, 4) is 0 Å². The lowest BCUT2D eigenvalue weighted by Gasteiger charge is -2.06. The van der Waals surface area contributed by atoms with E-state index in [-0.39, 0.29) is 0 Å². The molecule has 2 nitrogen and oxygen atoms in total. The maximum atomic E-state index is 8.71. The molecule has 0 bridgehead atoms. The second-order valence-corrected chi connectivity index (χ2v) is 3.18. The van der Waals surface area contributed by atoms with Crippen molar-refractivity contribution < 1.29 is 10.0 Å². The molecule has 0 aliphatic carbocycles. The van der Waals surface area contributed by atoms with Crippen LogP contribution in [-0.4, -0.2) is 22.4 Å². The van der Waals surface area contributed by atoms with Gasteiger partial charge in [-0.25, -0.2) is 0 Å². The Kier molecular flexibility index (Phi) is 3.60. The van der Waals surface area contributed by atoms with Crippen molar-refractivity contribution in [2.24, 2.45) is 0 Å². The normalized spacial score (nSPS) is 12.6. The fourth-order valence-electron chi connectivity index (χ4n) is 0.945. The predicted octanol–water partition coefficient (Wildman–Crippen LogP) is 0.848. The molecule has 4 heteroatoms. The first-order valence-corrected chi connectivity index (χ1v) is 4.18. The minimum atomic E-state index is -1.45. The Morgan fingerprint density at radius 1 is 1.25 bits per heavy atom. The lowest BCUT2D eigenvalue weighted by molar-refractivity contribution is 0.401. The van der Waals surface area contributed by atoms with Gasteiger partial charge in [0.1, 0.15) is 0 Å². The Bertz CT molecular complexity index is 228. The Morgan fingerprint density at radius 3 is 2.33 bits per heavy atom. The summed E-state index contributed by atoms with van der Waals surface area (Å²) in [5, 5.41) is 16.8. The SMILES string of the molecule is OB(O)C(Cl)Cc1ccccc1. The molecule has 0 aromatic heterocycles. The number of hydrogen-bond acceptors (Lipinski definition) is 2. The number of halogens is 1. The summed E-state index contributed by atoms with van der Waals surface area (Å²) < 4.78 is 0. The molecule has 64 valence electrons. The number of benzene rings is 1. The predicted molar refractivity (Wildman–Crippen MR) is 50.0 cm³/mol. The maximum Gasteiger partial charge on any atom is 0.470 e. The molecule has 0 radical (unpaired) electrons. The molecule has 0 saturated carbocycles. The van der Waals surface area contributed by atoms with Gasteiger partial charge in [0.05, 0.1) is 5.28 Å². The van der Waals surface area contributed by atoms with Crippen LogP contribution in [0.5, 0.6) is 0 Å². The third-order valence-corrected chi connectivity index (χ3v) is 1.98. The molecule has 0 spiro atoms. The van der Waals surface area contributed by atoms with Gasteiger partial charge in [-0.05, 0) is 12.0 Å². The molecule has 0 aliphatic rings. The molecule has 0 fully saturated rings. The van der Waals surface area contributed by atoms with Crippen molar-refractivity contribution in [2.45, 2.75) is 11.7 Å². The van der Waals surface area contributed by atoms with E-state index in [1.807, 2.05) is 30.3 Å². The van der Waals surface area contributed by atoms with Crippen molar-refractivity contribution in [3.63, 3.8) is 0 Å². The lowest BCUT2D eigenvalue weighted by Crippen LogP contribution is -2.27. The highest BCUT2D eigenvalue weighted by Gasteiger charge is 2.20. The highest BCUT2D eigenvalue weighted by Crippen LogP contribution is 2.08. The minimum Gasteiger partial charge on any atom is -0.426 e. The summed E-state index contributed by atoms with van der Waals surface area (Å²) in [4.78, 5) is 0. The highest BCUT2D eigenvalue weighted by atomic mass is 35.5. The molecule has 1 aromatic rings. The van der Waals surface area contributed by atoms with Gasteiger partial charge in [0.2, 0.25) is 0 Å². The fraction of sp³-hybridized carbons (Fsp3) is 0.250. The summed E-state index contributed by atoms with van der Waals surface area (Å²) in [6.45, 7) is 0. The average molecular weight is 184 g/mol. The van der Waals surface area contributed by atoms with Crippen LogP contribution in [0.3, 0.4) is 0 Å². The first-order valence-electron chi connectivity index (χ1n) is 3.74. The van der Waals surface area contributed by atoms with Crippen LogP contribution in [0.25, 0.3) is 0 Å². The summed E-state index contributed by atoms with van der Waals surface area (Å²) in [5.41, 5.74) is 1.01. The van der Waals surface area contributed by atoms with Crippen LogP contribution in [0.2, 0.25) is 0 Å². The zero-order valence-electron chi connectivity index (χ0n) is 6.52. The minimum absolute atomic E-state index is 0.472. The average Bonchev–Trinajstić information content (AvgIpc) is 2.06. The largest absolute Gasteiger partial charge is 0.470 e. The molecule has 1 atom stereocenters. The highest BCUT2D eigenvalue weighted by molar-refractivity contribution is 6.57. The summed E-state index contributed by atoms with van der Waals surface area (Å²) in [6, 6.07) is 9.49. The van der Waals surface area contributed by atoms with Gasteiger partial charge >= 0.3 is 7.12 Å². The Balaban J connectivity index is 2.53. The van der Waals surface area contributed by atoms with Crippen LogP contribution in [0, 0.1) is 0 Å². The van der Waals surface area contributed by atoms with Crippen LogP contribution >= 0.6 is 11.6 Å². The third kappa shape index (κ3) is 2.85. The molecule has 0 saturated heterocycles. The molecular formula is C8H10BClO2. The van der Waals surface area contributed by atoms with Crippen LogP contribution in [0.4, 0.5) is 0 Å². The third-order valence-electron chi connectivity index (χ3n) is 1.60. The second-order valence-electron chi connectivity index (χ2n) is 2.62. The molecule has 0 heterocycles. The van der Waals surface area contributed by atoms with E-state index >= 15 is 0 Å². The maximum absolute atomic E-state index is 8.71. The first-order chi connectivity index (χ1) is 5.70. The van der Waals surface area contributed by atoms with E-state index in [2.05, 4.69) is 0 Å². The smallest absolute Gasteiger partial charge is 0.426 e. The van der Waals surface area contributed by atoms with Gasteiger partial charge in [0, 0.05) is 0 Å². The van der Waals surface area contributed by atoms with E-state index in [9.17, 15) is 0 Å². The van der Waals surface area contributed by atoms with Gasteiger partial charge in [-0.3, -0.25) is 0 Å². The van der Waals surface area contributed by atoms with Gasteiger partial charge < -0.3 is 10.0 Å². The van der Waals surface area contributed by atoms with Gasteiger partial charge in [0.25, 0.3) is 0 Å². The van der Waals surface area contributed by atoms with E-state index in [4.69, 9.17) is 21.6 Å². The van der Waals surface area contributed by atoms with Crippen molar-refractivity contribution in [3.05, 3.63) is 35.9 Å². The molecule has 1 unspecified atom stereocenters. The number of alkyl halides is 1. The van der Waals surface area contributed by atoms with Crippen molar-refractivity contribution in [2.75, 3.05) is 0 Å². The van der Waals surface area contributed by atoms with Crippen LogP contribution < -0.4 is 0 Å². The van der Waals surface area contributed by atoms with Crippen molar-refractivity contribution >= 4 is 18.7 Å². The summed E-state index contributed by atoms with van der Waals surface area (Å²) in [7, 11) is -1.45. The van der Waals surface area contributed by atoms with Gasteiger partial charge in [-0.1, -0.05) is 30.3 Å². The second kappa shape index (κ2) is 4.50. The van der Waals surface area contributed by atoms with E-state index in [0.29, 0.717) is 6.42 Å². The Labute approximate surface area is 76.9 Å². The zero-order valence-corrected chi connectivity index (χ0v) is 7.28. The van der Waals surface area contributed by atoms with Gasteiger partial charge in [0.15, 0.2) is 0 Å². The van der Waals surface area contributed by atoms with Crippen LogP contribution in [0.15, 0.2) is 30.3 Å². The molecule has 1 rings (SSSR count). The molecule has 1 aromatic carbocycles. The number of rotatable bonds is 3. The van der Waals surface area contributed by atoms with Crippen LogP contribution in [0.1, 0.15) is 5.56 Å². The standard InChI is InChI=1S/C8H10BClO2/c10-8(9(11)12)6-7-4-2-1-3-5-7/h1-5,8,11-12H,6H2. The van der Waals surface area contributed by atoms with Crippen LogP contribution in [-0.2, 0) is 6.42 Å². The van der Waals surface area contributed by atoms with Gasteiger partial charge in [-0.15, -0.1) is 11.6 Å². The molecule has 2 N–H and O–H groups in total. The topological polar surface area (TPSA) is 40.5 Å². The zero-order chi connectivity index (χ0) is 8.97. The van der Waals surface area contributed by atoms with E-state index in [1.54, 1.807) is 0 Å². The Hall–Kier alpha value is -0.505. The number of hydrogen-bond donors (Lipinski definition) is 2. The molecular weight excluding hydrogens is 174 g/mol. The molecule has 0 aliphatic heterocycles. The summed E-state index contributed by atoms with van der Waals surface area (Å²) >= 11 is 5.65. The molecule has 12 heavy (non-hydrogen) atoms. The van der Waals surface area contributed by atoms with Crippen molar-refractivity contribution in [1.29, 1.82) is 0 Å².